The van der Waals surface area contributed by atoms with Crippen LogP contribution in [0.1, 0.15) is 49.5 Å². The number of nitrogens with one attached hydrogen (secondary N) is 1. The highest BCUT2D eigenvalue weighted by Gasteiger charge is 2.27. The van der Waals surface area contributed by atoms with Crippen LogP contribution in [0.4, 0.5) is 5.69 Å². The van der Waals surface area contributed by atoms with Crippen LogP contribution in [0.2, 0.25) is 0 Å². The van der Waals surface area contributed by atoms with E-state index in [-0.39, 0.29) is 5.91 Å². The summed E-state index contributed by atoms with van der Waals surface area (Å²) < 4.78 is 0. The average Bonchev–Trinajstić information content (AvgIpc) is 2.40. The number of rotatable bonds is 3. The Morgan fingerprint density at radius 3 is 2.75 bits per heavy atom. The van der Waals surface area contributed by atoms with Gasteiger partial charge in [-0.15, -0.1) is 0 Å². The van der Waals surface area contributed by atoms with Gasteiger partial charge in [0.25, 0.3) is 5.91 Å². The lowest BCUT2D eigenvalue weighted by molar-refractivity contribution is 0.0588. The van der Waals surface area contributed by atoms with Gasteiger partial charge in [-0.25, -0.2) is 0 Å². The lowest BCUT2D eigenvalue weighted by atomic mass is 9.92. The molecule has 1 aromatic carbocycles. The van der Waals surface area contributed by atoms with Crippen LogP contribution in [-0.4, -0.2) is 29.9 Å². The molecule has 1 amide bonds. The molecular weight excluding hydrogens is 248 g/mol. The third-order valence-electron chi connectivity index (χ3n) is 4.24. The first kappa shape index (κ1) is 14.9. The number of hydrogen-bond acceptors (Lipinski definition) is 2. The second-order valence-corrected chi connectivity index (χ2v) is 6.04. The minimum atomic E-state index is 0.176. The Kier molecular flexibility index (Phi) is 4.69. The van der Waals surface area contributed by atoms with E-state index in [0.29, 0.717) is 6.04 Å². The summed E-state index contributed by atoms with van der Waals surface area (Å²) in [7, 11) is 0. The normalized spacial score (nSPS) is 22.7. The maximum Gasteiger partial charge on any atom is 0.254 e. The van der Waals surface area contributed by atoms with Gasteiger partial charge in [0, 0.05) is 30.4 Å². The van der Waals surface area contributed by atoms with Crippen molar-refractivity contribution in [2.24, 2.45) is 5.92 Å². The smallest absolute Gasteiger partial charge is 0.254 e. The molecule has 20 heavy (non-hydrogen) atoms. The minimum Gasteiger partial charge on any atom is -0.385 e. The zero-order chi connectivity index (χ0) is 14.7. The fourth-order valence-corrected chi connectivity index (χ4v) is 3.06. The summed E-state index contributed by atoms with van der Waals surface area (Å²) in [6.07, 6.45) is 2.23. The van der Waals surface area contributed by atoms with Gasteiger partial charge in [-0.1, -0.05) is 6.92 Å². The van der Waals surface area contributed by atoms with Crippen LogP contribution in [0, 0.1) is 12.8 Å². The van der Waals surface area contributed by atoms with Gasteiger partial charge in [-0.2, -0.15) is 0 Å². The van der Waals surface area contributed by atoms with Crippen LogP contribution in [0.15, 0.2) is 18.2 Å². The van der Waals surface area contributed by atoms with E-state index < -0.39 is 0 Å². The van der Waals surface area contributed by atoms with Crippen molar-refractivity contribution in [2.75, 3.05) is 18.4 Å². The second-order valence-electron chi connectivity index (χ2n) is 6.04. The Morgan fingerprint density at radius 1 is 1.40 bits per heavy atom. The van der Waals surface area contributed by atoms with Crippen molar-refractivity contribution in [3.8, 4) is 0 Å². The van der Waals surface area contributed by atoms with Gasteiger partial charge >= 0.3 is 0 Å². The number of hydrogen-bond donors (Lipinski definition) is 1. The monoisotopic (exact) mass is 274 g/mol. The van der Waals surface area contributed by atoms with E-state index in [4.69, 9.17) is 0 Å². The van der Waals surface area contributed by atoms with E-state index in [0.717, 1.165) is 48.7 Å². The Labute approximate surface area is 122 Å². The molecule has 1 N–H and O–H groups in total. The van der Waals surface area contributed by atoms with Gasteiger partial charge in [-0.3, -0.25) is 4.79 Å². The minimum absolute atomic E-state index is 0.176. The predicted molar refractivity (Wildman–Crippen MR) is 84.2 cm³/mol. The van der Waals surface area contributed by atoms with Crippen molar-refractivity contribution in [3.63, 3.8) is 0 Å². The number of amides is 1. The quantitative estimate of drug-likeness (QED) is 0.911. The zero-order valence-corrected chi connectivity index (χ0v) is 13.1. The van der Waals surface area contributed by atoms with Gasteiger partial charge in [0.05, 0.1) is 0 Å². The summed E-state index contributed by atoms with van der Waals surface area (Å²) in [5, 5.41) is 3.31. The van der Waals surface area contributed by atoms with Crippen molar-refractivity contribution in [3.05, 3.63) is 29.3 Å². The molecule has 1 saturated heterocycles. The number of anilines is 1. The molecule has 0 saturated carbocycles. The van der Waals surface area contributed by atoms with E-state index >= 15 is 0 Å². The SMILES string of the molecule is CCNc1ccc(C(=O)N2CCC(C)CC2C)cc1C. The molecule has 2 unspecified atom stereocenters. The molecule has 0 bridgehead atoms. The van der Waals surface area contributed by atoms with Crippen molar-refractivity contribution in [2.45, 2.75) is 46.6 Å². The zero-order valence-electron chi connectivity index (χ0n) is 13.1. The molecule has 0 radical (unpaired) electrons. The molecule has 1 fully saturated rings. The molecule has 0 aliphatic carbocycles. The summed E-state index contributed by atoms with van der Waals surface area (Å²) in [6.45, 7) is 10.3. The number of carbonyl (C=O) groups excluding carboxylic acids is 1. The number of carbonyl (C=O) groups is 1. The van der Waals surface area contributed by atoms with Crippen LogP contribution in [-0.2, 0) is 0 Å². The van der Waals surface area contributed by atoms with Crippen molar-refractivity contribution < 1.29 is 4.79 Å². The van der Waals surface area contributed by atoms with Crippen LogP contribution in [0.25, 0.3) is 0 Å². The molecule has 3 nitrogen and oxygen atoms in total. The van der Waals surface area contributed by atoms with E-state index in [1.165, 1.54) is 0 Å². The highest BCUT2D eigenvalue weighted by Crippen LogP contribution is 2.25. The molecule has 2 rings (SSSR count). The van der Waals surface area contributed by atoms with Gasteiger partial charge in [0.15, 0.2) is 0 Å². The van der Waals surface area contributed by atoms with Crippen LogP contribution >= 0.6 is 0 Å². The lowest BCUT2D eigenvalue weighted by Gasteiger charge is -2.36. The third-order valence-corrected chi connectivity index (χ3v) is 4.24. The molecule has 1 aliphatic rings. The first-order valence-corrected chi connectivity index (χ1v) is 7.68. The number of likely N-dealkylation sites (tertiary alicyclic amines) is 1. The van der Waals surface area contributed by atoms with Crippen molar-refractivity contribution in [1.29, 1.82) is 0 Å². The standard InChI is InChI=1S/C17H26N2O/c1-5-18-16-7-6-15(11-13(16)3)17(20)19-9-8-12(2)10-14(19)4/h6-7,11-12,14,18H,5,8-10H2,1-4H3. The molecule has 0 aromatic heterocycles. The fourth-order valence-electron chi connectivity index (χ4n) is 3.06. The maximum atomic E-state index is 12.6. The number of aryl methyl sites for hydroxylation is 1. The summed E-state index contributed by atoms with van der Waals surface area (Å²) in [5.41, 5.74) is 3.06. The second kappa shape index (κ2) is 6.29. The van der Waals surface area contributed by atoms with Gasteiger partial charge in [0.1, 0.15) is 0 Å². The molecule has 1 aromatic rings. The fraction of sp³-hybridized carbons (Fsp3) is 0.588. The molecule has 3 heteroatoms. The number of nitrogens with zero attached hydrogens (tertiary/aromatic N) is 1. The highest BCUT2D eigenvalue weighted by atomic mass is 16.2. The van der Waals surface area contributed by atoms with E-state index in [2.05, 4.69) is 33.0 Å². The van der Waals surface area contributed by atoms with Crippen LogP contribution in [0.3, 0.4) is 0 Å². The maximum absolute atomic E-state index is 12.6. The summed E-state index contributed by atoms with van der Waals surface area (Å²) in [4.78, 5) is 14.7. The topological polar surface area (TPSA) is 32.3 Å². The average molecular weight is 274 g/mol. The van der Waals surface area contributed by atoms with E-state index in [1.807, 2.05) is 23.1 Å². The summed E-state index contributed by atoms with van der Waals surface area (Å²) in [6, 6.07) is 6.31. The van der Waals surface area contributed by atoms with Crippen LogP contribution in [0.5, 0.6) is 0 Å². The molecule has 1 heterocycles. The Morgan fingerprint density at radius 2 is 2.15 bits per heavy atom. The van der Waals surface area contributed by atoms with E-state index in [1.54, 1.807) is 0 Å². The largest absolute Gasteiger partial charge is 0.385 e. The highest BCUT2D eigenvalue weighted by molar-refractivity contribution is 5.95. The number of benzene rings is 1. The van der Waals surface area contributed by atoms with E-state index in [9.17, 15) is 4.79 Å². The number of piperidine rings is 1. The first-order chi connectivity index (χ1) is 9.52. The Balaban J connectivity index is 2.15. The van der Waals surface area contributed by atoms with Crippen molar-refractivity contribution in [1.82, 2.24) is 4.90 Å². The third kappa shape index (κ3) is 3.14. The summed E-state index contributed by atoms with van der Waals surface area (Å²) in [5.74, 6) is 0.905. The van der Waals surface area contributed by atoms with Gasteiger partial charge in [-0.05, 0) is 63.3 Å². The van der Waals surface area contributed by atoms with Crippen LogP contribution < -0.4 is 5.32 Å². The van der Waals surface area contributed by atoms with Gasteiger partial charge in [0.2, 0.25) is 0 Å². The molecule has 110 valence electrons. The Bertz CT molecular complexity index is 484. The van der Waals surface area contributed by atoms with Gasteiger partial charge < -0.3 is 10.2 Å². The lowest BCUT2D eigenvalue weighted by Crippen LogP contribution is -2.44. The molecule has 2 atom stereocenters. The Hall–Kier alpha value is -1.51. The molecule has 1 aliphatic heterocycles. The van der Waals surface area contributed by atoms with Crippen molar-refractivity contribution >= 4 is 11.6 Å². The molecule has 0 spiro atoms. The molecular formula is C17H26N2O. The summed E-state index contributed by atoms with van der Waals surface area (Å²) >= 11 is 0. The first-order valence-electron chi connectivity index (χ1n) is 7.68. The predicted octanol–water partition coefficient (Wildman–Crippen LogP) is 3.69.